The average Bonchev–Trinajstić information content (AvgIpc) is 2.75. The Balaban J connectivity index is 2.32. The van der Waals surface area contributed by atoms with Crippen molar-refractivity contribution in [2.24, 2.45) is 0 Å². The molecule has 19 heavy (non-hydrogen) atoms. The molecule has 0 atom stereocenters. The number of cyclic esters (lactones) is 1. The molecule has 0 aliphatic carbocycles. The highest BCUT2D eigenvalue weighted by molar-refractivity contribution is 5.91. The van der Waals surface area contributed by atoms with Crippen LogP contribution < -0.4 is 5.32 Å². The van der Waals surface area contributed by atoms with Gasteiger partial charge < -0.3 is 10.1 Å². The SMILES string of the molecule is C/C(Nc1ccccc1C(F)(F)F)=C1\CCOC1=O. The number of carbonyl (C=O) groups is 1. The Bertz CT molecular complexity index is 535. The van der Waals surface area contributed by atoms with Gasteiger partial charge in [-0.3, -0.25) is 0 Å². The minimum Gasteiger partial charge on any atom is -0.462 e. The summed E-state index contributed by atoms with van der Waals surface area (Å²) in [6.45, 7) is 1.84. The van der Waals surface area contributed by atoms with Gasteiger partial charge >= 0.3 is 12.1 Å². The first-order valence-electron chi connectivity index (χ1n) is 5.69. The molecule has 6 heteroatoms. The van der Waals surface area contributed by atoms with Gasteiger partial charge in [-0.05, 0) is 19.1 Å². The van der Waals surface area contributed by atoms with Crippen LogP contribution in [0.2, 0.25) is 0 Å². The Hall–Kier alpha value is -1.98. The van der Waals surface area contributed by atoms with E-state index in [0.29, 0.717) is 17.7 Å². The van der Waals surface area contributed by atoms with E-state index in [9.17, 15) is 18.0 Å². The topological polar surface area (TPSA) is 38.3 Å². The number of allylic oxidation sites excluding steroid dienone is 1. The molecule has 3 nitrogen and oxygen atoms in total. The van der Waals surface area contributed by atoms with Crippen LogP contribution >= 0.6 is 0 Å². The molecule has 1 aromatic rings. The number of anilines is 1. The lowest BCUT2D eigenvalue weighted by Crippen LogP contribution is -2.11. The second-order valence-electron chi connectivity index (χ2n) is 4.16. The summed E-state index contributed by atoms with van der Waals surface area (Å²) >= 11 is 0. The van der Waals surface area contributed by atoms with Crippen LogP contribution in [0.3, 0.4) is 0 Å². The maximum atomic E-state index is 12.8. The summed E-state index contributed by atoms with van der Waals surface area (Å²) in [7, 11) is 0. The van der Waals surface area contributed by atoms with Crippen LogP contribution in [-0.2, 0) is 15.7 Å². The lowest BCUT2D eigenvalue weighted by molar-refractivity contribution is -0.137. The fraction of sp³-hybridized carbons (Fsp3) is 0.308. The fourth-order valence-electron chi connectivity index (χ4n) is 1.89. The van der Waals surface area contributed by atoms with E-state index >= 15 is 0 Å². The number of hydrogen-bond acceptors (Lipinski definition) is 3. The zero-order valence-electron chi connectivity index (χ0n) is 10.2. The molecule has 1 fully saturated rings. The summed E-state index contributed by atoms with van der Waals surface area (Å²) in [4.78, 5) is 11.3. The largest absolute Gasteiger partial charge is 0.462 e. The quantitative estimate of drug-likeness (QED) is 0.662. The van der Waals surface area contributed by atoms with Crippen molar-refractivity contribution >= 4 is 11.7 Å². The van der Waals surface area contributed by atoms with Gasteiger partial charge in [0.1, 0.15) is 0 Å². The van der Waals surface area contributed by atoms with Crippen molar-refractivity contribution < 1.29 is 22.7 Å². The third kappa shape index (κ3) is 2.89. The first kappa shape index (κ1) is 13.5. The summed E-state index contributed by atoms with van der Waals surface area (Å²) in [5.41, 5.74) is -0.0582. The summed E-state index contributed by atoms with van der Waals surface area (Å²) in [5.74, 6) is -0.477. The van der Waals surface area contributed by atoms with E-state index in [2.05, 4.69) is 5.32 Å². The number of halogens is 3. The Kier molecular flexibility index (Phi) is 3.50. The number of nitrogens with one attached hydrogen (secondary N) is 1. The highest BCUT2D eigenvalue weighted by Gasteiger charge is 2.33. The highest BCUT2D eigenvalue weighted by atomic mass is 19.4. The second kappa shape index (κ2) is 4.95. The van der Waals surface area contributed by atoms with E-state index in [4.69, 9.17) is 4.74 Å². The number of carbonyl (C=O) groups excluding carboxylic acids is 1. The molecule has 0 radical (unpaired) electrons. The number of ether oxygens (including phenoxy) is 1. The lowest BCUT2D eigenvalue weighted by atomic mass is 10.1. The molecule has 0 aromatic heterocycles. The predicted molar refractivity (Wildman–Crippen MR) is 63.3 cm³/mol. The molecule has 0 amide bonds. The number of hydrogen-bond donors (Lipinski definition) is 1. The van der Waals surface area contributed by atoms with Crippen LogP contribution in [0.15, 0.2) is 35.5 Å². The van der Waals surface area contributed by atoms with Crippen molar-refractivity contribution in [3.63, 3.8) is 0 Å². The zero-order valence-corrected chi connectivity index (χ0v) is 10.2. The molecule has 102 valence electrons. The van der Waals surface area contributed by atoms with Crippen LogP contribution in [0.25, 0.3) is 0 Å². The summed E-state index contributed by atoms with van der Waals surface area (Å²) < 4.78 is 43.2. The van der Waals surface area contributed by atoms with Crippen LogP contribution in [-0.4, -0.2) is 12.6 Å². The Morgan fingerprint density at radius 2 is 2.00 bits per heavy atom. The number of para-hydroxylation sites is 1. The normalized spacial score (nSPS) is 18.2. The van der Waals surface area contributed by atoms with E-state index in [0.717, 1.165) is 6.07 Å². The third-order valence-electron chi connectivity index (χ3n) is 2.84. The fourth-order valence-corrected chi connectivity index (χ4v) is 1.89. The number of benzene rings is 1. The molecule has 1 N–H and O–H groups in total. The summed E-state index contributed by atoms with van der Waals surface area (Å²) in [6.07, 6.45) is -4.03. The molecule has 1 aliphatic rings. The molecule has 0 unspecified atom stereocenters. The minimum atomic E-state index is -4.44. The van der Waals surface area contributed by atoms with Crippen LogP contribution in [0.5, 0.6) is 0 Å². The van der Waals surface area contributed by atoms with E-state index in [1.54, 1.807) is 6.92 Å². The van der Waals surface area contributed by atoms with Crippen molar-refractivity contribution in [3.8, 4) is 0 Å². The molecule has 2 rings (SSSR count). The van der Waals surface area contributed by atoms with E-state index in [1.165, 1.54) is 18.2 Å². The van der Waals surface area contributed by atoms with Gasteiger partial charge in [0.25, 0.3) is 0 Å². The molecular weight excluding hydrogens is 259 g/mol. The summed E-state index contributed by atoms with van der Waals surface area (Å²) in [5, 5.41) is 2.65. The maximum Gasteiger partial charge on any atom is 0.418 e. The van der Waals surface area contributed by atoms with Crippen LogP contribution in [0.4, 0.5) is 18.9 Å². The smallest absolute Gasteiger partial charge is 0.418 e. The average molecular weight is 271 g/mol. The van der Waals surface area contributed by atoms with Gasteiger partial charge in [-0.2, -0.15) is 13.2 Å². The van der Waals surface area contributed by atoms with Gasteiger partial charge in [-0.15, -0.1) is 0 Å². The lowest BCUT2D eigenvalue weighted by Gasteiger charge is -2.15. The Morgan fingerprint density at radius 3 is 2.58 bits per heavy atom. The first-order chi connectivity index (χ1) is 8.89. The van der Waals surface area contributed by atoms with Crippen molar-refractivity contribution in [1.82, 2.24) is 0 Å². The molecular formula is C13H12F3NO2. The van der Waals surface area contributed by atoms with Crippen molar-refractivity contribution in [2.75, 3.05) is 11.9 Å². The first-order valence-corrected chi connectivity index (χ1v) is 5.69. The van der Waals surface area contributed by atoms with Gasteiger partial charge in [-0.25, -0.2) is 4.79 Å². The van der Waals surface area contributed by atoms with Crippen molar-refractivity contribution in [3.05, 3.63) is 41.1 Å². The van der Waals surface area contributed by atoms with Crippen LogP contribution in [0, 0.1) is 0 Å². The molecule has 0 spiro atoms. The van der Waals surface area contributed by atoms with Gasteiger partial charge in [0.15, 0.2) is 0 Å². The summed E-state index contributed by atoms with van der Waals surface area (Å²) in [6, 6.07) is 5.14. The number of alkyl halides is 3. The van der Waals surface area contributed by atoms with Crippen molar-refractivity contribution in [1.29, 1.82) is 0 Å². The monoisotopic (exact) mass is 271 g/mol. The molecule has 0 saturated carbocycles. The van der Waals surface area contributed by atoms with Gasteiger partial charge in [0, 0.05) is 12.1 Å². The molecule has 1 aromatic carbocycles. The Labute approximate surface area is 108 Å². The standard InChI is InChI=1S/C13H12F3NO2/c1-8(9-6-7-19-12(9)18)17-11-5-3-2-4-10(11)13(14,15)16/h2-5,17H,6-7H2,1H3/b9-8-. The molecule has 1 heterocycles. The highest BCUT2D eigenvalue weighted by Crippen LogP contribution is 2.35. The molecule has 0 bridgehead atoms. The van der Waals surface area contributed by atoms with E-state index in [1.807, 2.05) is 0 Å². The Morgan fingerprint density at radius 1 is 1.32 bits per heavy atom. The zero-order chi connectivity index (χ0) is 14.0. The van der Waals surface area contributed by atoms with Crippen molar-refractivity contribution in [2.45, 2.75) is 19.5 Å². The molecule has 1 aliphatic heterocycles. The third-order valence-corrected chi connectivity index (χ3v) is 2.84. The predicted octanol–water partition coefficient (Wildman–Crippen LogP) is 3.34. The number of esters is 1. The van der Waals surface area contributed by atoms with E-state index in [-0.39, 0.29) is 12.3 Å². The van der Waals surface area contributed by atoms with Gasteiger partial charge in [0.05, 0.1) is 23.4 Å². The second-order valence-corrected chi connectivity index (χ2v) is 4.16. The maximum absolute atomic E-state index is 12.8. The van der Waals surface area contributed by atoms with Gasteiger partial charge in [-0.1, -0.05) is 12.1 Å². The van der Waals surface area contributed by atoms with Gasteiger partial charge in [0.2, 0.25) is 0 Å². The molecule has 1 saturated heterocycles. The van der Waals surface area contributed by atoms with E-state index < -0.39 is 17.7 Å². The minimum absolute atomic E-state index is 0.0697. The van der Waals surface area contributed by atoms with Crippen LogP contribution in [0.1, 0.15) is 18.9 Å². The number of rotatable bonds is 2.